The quantitative estimate of drug-likeness (QED) is 0.816. The fourth-order valence-electron chi connectivity index (χ4n) is 1.95. The highest BCUT2D eigenvalue weighted by atomic mass is 16.5. The molecule has 0 unspecified atom stereocenters. The Morgan fingerprint density at radius 2 is 2.25 bits per heavy atom. The summed E-state index contributed by atoms with van der Waals surface area (Å²) < 4.78 is 6.80. The Hall–Kier alpha value is -2.30. The summed E-state index contributed by atoms with van der Waals surface area (Å²) in [7, 11) is 3.45. The molecule has 0 aliphatic heterocycles. The number of amides is 1. The molecule has 5 heteroatoms. The summed E-state index contributed by atoms with van der Waals surface area (Å²) in [6, 6.07) is 9.67. The number of hydrogen-bond acceptors (Lipinski definition) is 3. The molecule has 0 saturated carbocycles. The first-order chi connectivity index (χ1) is 9.69. The minimum Gasteiger partial charge on any atom is -0.497 e. The maximum Gasteiger partial charge on any atom is 0.271 e. The summed E-state index contributed by atoms with van der Waals surface area (Å²) in [5, 5.41) is 6.92. The van der Waals surface area contributed by atoms with Gasteiger partial charge in [-0.1, -0.05) is 12.1 Å². The van der Waals surface area contributed by atoms with Crippen molar-refractivity contribution in [2.75, 3.05) is 13.7 Å². The van der Waals surface area contributed by atoms with Crippen LogP contribution in [0.3, 0.4) is 0 Å². The third kappa shape index (κ3) is 3.85. The van der Waals surface area contributed by atoms with E-state index in [9.17, 15) is 4.79 Å². The second-order valence-corrected chi connectivity index (χ2v) is 4.59. The van der Waals surface area contributed by atoms with E-state index in [-0.39, 0.29) is 5.91 Å². The van der Waals surface area contributed by atoms with E-state index in [0.29, 0.717) is 12.2 Å². The third-order valence-corrected chi connectivity index (χ3v) is 3.01. The smallest absolute Gasteiger partial charge is 0.271 e. The van der Waals surface area contributed by atoms with Gasteiger partial charge in [0.25, 0.3) is 5.91 Å². The van der Waals surface area contributed by atoms with Gasteiger partial charge in [0.1, 0.15) is 11.4 Å². The highest BCUT2D eigenvalue weighted by Gasteiger charge is 2.07. The number of carbonyl (C=O) groups excluding carboxylic acids is 1. The summed E-state index contributed by atoms with van der Waals surface area (Å²) in [5.41, 5.74) is 1.66. The Labute approximate surface area is 118 Å². The van der Waals surface area contributed by atoms with Gasteiger partial charge in [-0.3, -0.25) is 9.48 Å². The normalized spacial score (nSPS) is 10.3. The van der Waals surface area contributed by atoms with Gasteiger partial charge in [-0.2, -0.15) is 5.10 Å². The summed E-state index contributed by atoms with van der Waals surface area (Å²) in [6.45, 7) is 0.632. The maximum absolute atomic E-state index is 11.8. The Morgan fingerprint density at radius 3 is 2.95 bits per heavy atom. The molecule has 1 amide bonds. The lowest BCUT2D eigenvalue weighted by atomic mass is 10.1. The van der Waals surface area contributed by atoms with Crippen LogP contribution >= 0.6 is 0 Å². The van der Waals surface area contributed by atoms with E-state index < -0.39 is 0 Å². The number of hydrogen-bond donors (Lipinski definition) is 1. The zero-order valence-corrected chi connectivity index (χ0v) is 11.8. The highest BCUT2D eigenvalue weighted by molar-refractivity contribution is 5.92. The van der Waals surface area contributed by atoms with Crippen LogP contribution in [0.15, 0.2) is 36.5 Å². The van der Waals surface area contributed by atoms with Crippen LogP contribution in [0.1, 0.15) is 22.5 Å². The molecule has 2 aromatic rings. The number of methoxy groups -OCH3 is 1. The SMILES string of the molecule is COc1cccc(CCCNC(=O)c2ccn(C)n2)c1. The zero-order valence-electron chi connectivity index (χ0n) is 11.8. The van der Waals surface area contributed by atoms with Crippen molar-refractivity contribution in [2.24, 2.45) is 7.05 Å². The van der Waals surface area contributed by atoms with E-state index >= 15 is 0 Å². The number of nitrogens with one attached hydrogen (secondary N) is 1. The largest absolute Gasteiger partial charge is 0.497 e. The first-order valence-corrected chi connectivity index (χ1v) is 6.60. The number of carbonyl (C=O) groups is 1. The summed E-state index contributed by atoms with van der Waals surface area (Å²) in [4.78, 5) is 11.8. The fraction of sp³-hybridized carbons (Fsp3) is 0.333. The summed E-state index contributed by atoms with van der Waals surface area (Å²) >= 11 is 0. The molecule has 0 bridgehead atoms. The third-order valence-electron chi connectivity index (χ3n) is 3.01. The van der Waals surface area contributed by atoms with Gasteiger partial charge in [-0.25, -0.2) is 0 Å². The number of aryl methyl sites for hydroxylation is 2. The van der Waals surface area contributed by atoms with Crippen molar-refractivity contribution in [3.63, 3.8) is 0 Å². The molecule has 106 valence electrons. The molecule has 1 aromatic carbocycles. The lowest BCUT2D eigenvalue weighted by Gasteiger charge is -2.05. The Morgan fingerprint density at radius 1 is 1.40 bits per heavy atom. The molecular weight excluding hydrogens is 254 g/mol. The molecule has 0 atom stereocenters. The molecule has 1 aromatic heterocycles. The van der Waals surface area contributed by atoms with Gasteiger partial charge in [-0.05, 0) is 36.6 Å². The average Bonchev–Trinajstić information content (AvgIpc) is 2.90. The first-order valence-electron chi connectivity index (χ1n) is 6.60. The van der Waals surface area contributed by atoms with Crippen LogP contribution < -0.4 is 10.1 Å². The topological polar surface area (TPSA) is 56.1 Å². The Balaban J connectivity index is 1.74. The lowest BCUT2D eigenvalue weighted by Crippen LogP contribution is -2.25. The number of aromatic nitrogens is 2. The minimum atomic E-state index is -0.128. The molecule has 0 spiro atoms. The van der Waals surface area contributed by atoms with Crippen molar-refractivity contribution in [2.45, 2.75) is 12.8 Å². The van der Waals surface area contributed by atoms with Crippen molar-refractivity contribution in [1.29, 1.82) is 0 Å². The predicted molar refractivity (Wildman–Crippen MR) is 76.9 cm³/mol. The molecule has 2 rings (SSSR count). The van der Waals surface area contributed by atoms with Crippen LogP contribution in [0.25, 0.3) is 0 Å². The molecular formula is C15H19N3O2. The second kappa shape index (κ2) is 6.75. The second-order valence-electron chi connectivity index (χ2n) is 4.59. The van der Waals surface area contributed by atoms with Gasteiger partial charge in [0.05, 0.1) is 7.11 Å². The molecule has 20 heavy (non-hydrogen) atoms. The summed E-state index contributed by atoms with van der Waals surface area (Å²) in [5.74, 6) is 0.733. The van der Waals surface area contributed by atoms with Gasteiger partial charge < -0.3 is 10.1 Å². The van der Waals surface area contributed by atoms with Crippen LogP contribution in [0, 0.1) is 0 Å². The fourth-order valence-corrected chi connectivity index (χ4v) is 1.95. The Kier molecular flexibility index (Phi) is 4.76. The van der Waals surface area contributed by atoms with Crippen molar-refractivity contribution < 1.29 is 9.53 Å². The zero-order chi connectivity index (χ0) is 14.4. The van der Waals surface area contributed by atoms with E-state index in [4.69, 9.17) is 4.74 Å². The van der Waals surface area contributed by atoms with E-state index in [1.807, 2.05) is 18.2 Å². The lowest BCUT2D eigenvalue weighted by molar-refractivity contribution is 0.0947. The summed E-state index contributed by atoms with van der Waals surface area (Å²) in [6.07, 6.45) is 3.54. The van der Waals surface area contributed by atoms with Crippen LogP contribution in [-0.2, 0) is 13.5 Å². The Bertz CT molecular complexity index is 578. The number of benzene rings is 1. The van der Waals surface area contributed by atoms with Gasteiger partial charge in [-0.15, -0.1) is 0 Å². The van der Waals surface area contributed by atoms with E-state index in [1.165, 1.54) is 5.56 Å². The van der Waals surface area contributed by atoms with Crippen molar-refractivity contribution in [1.82, 2.24) is 15.1 Å². The monoisotopic (exact) mass is 273 g/mol. The average molecular weight is 273 g/mol. The molecule has 1 N–H and O–H groups in total. The standard InChI is InChI=1S/C15H19N3O2/c1-18-10-8-14(17-18)15(19)16-9-4-6-12-5-3-7-13(11-12)20-2/h3,5,7-8,10-11H,4,6,9H2,1-2H3,(H,16,19). The number of rotatable bonds is 6. The molecule has 0 aliphatic carbocycles. The van der Waals surface area contributed by atoms with Crippen LogP contribution in [0.2, 0.25) is 0 Å². The maximum atomic E-state index is 11.8. The molecule has 0 aliphatic rings. The van der Waals surface area contributed by atoms with Crippen molar-refractivity contribution >= 4 is 5.91 Å². The van der Waals surface area contributed by atoms with Gasteiger partial charge in [0.15, 0.2) is 0 Å². The molecule has 0 radical (unpaired) electrons. The number of ether oxygens (including phenoxy) is 1. The van der Waals surface area contributed by atoms with Crippen molar-refractivity contribution in [3.05, 3.63) is 47.8 Å². The minimum absolute atomic E-state index is 0.128. The molecule has 5 nitrogen and oxygen atoms in total. The van der Waals surface area contributed by atoms with Gasteiger partial charge in [0.2, 0.25) is 0 Å². The van der Waals surface area contributed by atoms with Gasteiger partial charge in [0, 0.05) is 19.8 Å². The van der Waals surface area contributed by atoms with E-state index in [1.54, 1.807) is 31.1 Å². The van der Waals surface area contributed by atoms with E-state index in [0.717, 1.165) is 18.6 Å². The first kappa shape index (κ1) is 14.1. The highest BCUT2D eigenvalue weighted by Crippen LogP contribution is 2.13. The molecule has 0 fully saturated rings. The molecule has 0 saturated heterocycles. The predicted octanol–water partition coefficient (Wildman–Crippen LogP) is 1.79. The van der Waals surface area contributed by atoms with Crippen LogP contribution in [-0.4, -0.2) is 29.3 Å². The number of nitrogens with zero attached hydrogens (tertiary/aromatic N) is 2. The van der Waals surface area contributed by atoms with E-state index in [2.05, 4.69) is 16.5 Å². The van der Waals surface area contributed by atoms with Crippen LogP contribution in [0.4, 0.5) is 0 Å². The van der Waals surface area contributed by atoms with Crippen LogP contribution in [0.5, 0.6) is 5.75 Å². The van der Waals surface area contributed by atoms with Gasteiger partial charge >= 0.3 is 0 Å². The van der Waals surface area contributed by atoms with Crippen molar-refractivity contribution in [3.8, 4) is 5.75 Å². The molecule has 1 heterocycles.